The summed E-state index contributed by atoms with van der Waals surface area (Å²) >= 11 is 0. The van der Waals surface area contributed by atoms with E-state index in [1.54, 1.807) is 0 Å². The molecule has 1 aliphatic rings. The molecule has 2 nitrogen and oxygen atoms in total. The maximum atomic E-state index is 5.38. The number of nitrogens with zero attached hydrogens (tertiary/aromatic N) is 2. The standard InChI is InChI=1S/C47H32N2/c1-47(2)39-22-12-11-20-37(39)42-36-19-10-9-18-35(36)41-33-26-24-32(28-31(33)25-27-38(41)43(42)47)34-21-13-23-40-46(34)49-45(30-16-7-4-8-17-30)44(48-40)29-14-5-3-6-15-29/h3-28H,1-2H3. The minimum Gasteiger partial charge on any atom is -0.244 e. The fraction of sp³-hybridized carbons (Fsp3) is 0.0638. The summed E-state index contributed by atoms with van der Waals surface area (Å²) in [6, 6.07) is 56.7. The van der Waals surface area contributed by atoms with Gasteiger partial charge in [0.2, 0.25) is 0 Å². The first-order valence-corrected chi connectivity index (χ1v) is 17.0. The van der Waals surface area contributed by atoms with Crippen molar-refractivity contribution in [2.45, 2.75) is 19.3 Å². The van der Waals surface area contributed by atoms with E-state index in [2.05, 4.69) is 159 Å². The molecule has 9 aromatic rings. The molecule has 0 saturated heterocycles. The van der Waals surface area contributed by atoms with Crippen molar-refractivity contribution in [2.75, 3.05) is 0 Å². The maximum absolute atomic E-state index is 5.38. The average Bonchev–Trinajstić information content (AvgIpc) is 3.41. The lowest BCUT2D eigenvalue weighted by Crippen LogP contribution is -2.15. The first-order valence-electron chi connectivity index (χ1n) is 17.0. The average molecular weight is 625 g/mol. The molecule has 0 amide bonds. The van der Waals surface area contributed by atoms with Gasteiger partial charge in [-0.05, 0) is 72.3 Å². The van der Waals surface area contributed by atoms with Crippen molar-refractivity contribution in [2.24, 2.45) is 0 Å². The zero-order chi connectivity index (χ0) is 32.7. The highest BCUT2D eigenvalue weighted by atomic mass is 14.8. The largest absolute Gasteiger partial charge is 0.244 e. The molecule has 0 bridgehead atoms. The molecule has 0 unspecified atom stereocenters. The highest BCUT2D eigenvalue weighted by Gasteiger charge is 2.38. The zero-order valence-electron chi connectivity index (χ0n) is 27.4. The molecule has 0 fully saturated rings. The van der Waals surface area contributed by atoms with E-state index in [1.807, 2.05) is 12.1 Å². The summed E-state index contributed by atoms with van der Waals surface area (Å²) in [5.41, 5.74) is 13.4. The molecule has 10 rings (SSSR count). The summed E-state index contributed by atoms with van der Waals surface area (Å²) in [6.45, 7) is 4.77. The normalized spacial score (nSPS) is 13.3. The predicted molar refractivity (Wildman–Crippen MR) is 206 cm³/mol. The fourth-order valence-corrected chi connectivity index (χ4v) is 8.40. The monoisotopic (exact) mass is 624 g/mol. The molecule has 0 aliphatic heterocycles. The molecule has 230 valence electrons. The van der Waals surface area contributed by atoms with Crippen LogP contribution < -0.4 is 0 Å². The van der Waals surface area contributed by atoms with Crippen molar-refractivity contribution >= 4 is 43.4 Å². The molecular formula is C47H32N2. The van der Waals surface area contributed by atoms with E-state index in [0.29, 0.717) is 0 Å². The molecule has 1 heterocycles. The van der Waals surface area contributed by atoms with Crippen LogP contribution in [0.5, 0.6) is 0 Å². The Labute approximate surface area is 285 Å². The number of rotatable bonds is 3. The summed E-state index contributed by atoms with van der Waals surface area (Å²) < 4.78 is 0. The van der Waals surface area contributed by atoms with E-state index < -0.39 is 0 Å². The van der Waals surface area contributed by atoms with Crippen LogP contribution >= 0.6 is 0 Å². The van der Waals surface area contributed by atoms with Crippen LogP contribution in [0.4, 0.5) is 0 Å². The number of hydrogen-bond acceptors (Lipinski definition) is 2. The van der Waals surface area contributed by atoms with Crippen LogP contribution in [0, 0.1) is 0 Å². The molecule has 0 spiro atoms. The van der Waals surface area contributed by atoms with Gasteiger partial charge < -0.3 is 0 Å². The number of fused-ring (bicyclic) bond motifs is 11. The van der Waals surface area contributed by atoms with Gasteiger partial charge in [-0.15, -0.1) is 0 Å². The van der Waals surface area contributed by atoms with E-state index in [-0.39, 0.29) is 5.41 Å². The van der Waals surface area contributed by atoms with E-state index in [9.17, 15) is 0 Å². The van der Waals surface area contributed by atoms with Gasteiger partial charge in [0.15, 0.2) is 0 Å². The fourth-order valence-electron chi connectivity index (χ4n) is 8.40. The second kappa shape index (κ2) is 10.4. The summed E-state index contributed by atoms with van der Waals surface area (Å²) in [6.07, 6.45) is 0. The number of aromatic nitrogens is 2. The van der Waals surface area contributed by atoms with Gasteiger partial charge in [-0.2, -0.15) is 0 Å². The lowest BCUT2D eigenvalue weighted by Gasteiger charge is -2.24. The summed E-state index contributed by atoms with van der Waals surface area (Å²) in [5.74, 6) is 0. The van der Waals surface area contributed by atoms with Crippen LogP contribution in [-0.2, 0) is 5.41 Å². The van der Waals surface area contributed by atoms with E-state index in [1.165, 1.54) is 54.6 Å². The second-order valence-corrected chi connectivity index (χ2v) is 13.7. The molecule has 0 saturated carbocycles. The van der Waals surface area contributed by atoms with Crippen LogP contribution in [0.15, 0.2) is 158 Å². The maximum Gasteiger partial charge on any atom is 0.0973 e. The van der Waals surface area contributed by atoms with Gasteiger partial charge in [0.1, 0.15) is 0 Å². The third-order valence-corrected chi connectivity index (χ3v) is 10.6. The molecule has 1 aromatic heterocycles. The van der Waals surface area contributed by atoms with E-state index in [4.69, 9.17) is 9.97 Å². The second-order valence-electron chi connectivity index (χ2n) is 13.7. The Hall–Kier alpha value is -6.12. The van der Waals surface area contributed by atoms with Crippen LogP contribution in [0.3, 0.4) is 0 Å². The SMILES string of the molecule is CC1(C)c2ccccc2-c2c1c1ccc3cc(-c4cccc5nc(-c6ccccc6)c(-c6ccccc6)nc45)ccc3c1c1ccccc21. The summed E-state index contributed by atoms with van der Waals surface area (Å²) in [4.78, 5) is 10.6. The van der Waals surface area contributed by atoms with Gasteiger partial charge in [0, 0.05) is 22.1 Å². The highest BCUT2D eigenvalue weighted by Crippen LogP contribution is 2.55. The van der Waals surface area contributed by atoms with Crippen molar-refractivity contribution in [1.29, 1.82) is 0 Å². The minimum atomic E-state index is -0.0987. The molecule has 1 aliphatic carbocycles. The van der Waals surface area contributed by atoms with Gasteiger partial charge >= 0.3 is 0 Å². The molecule has 0 atom stereocenters. The summed E-state index contributed by atoms with van der Waals surface area (Å²) in [5, 5.41) is 7.79. The molecule has 49 heavy (non-hydrogen) atoms. The van der Waals surface area contributed by atoms with Crippen LogP contribution in [0.25, 0.3) is 88.1 Å². The van der Waals surface area contributed by atoms with Crippen LogP contribution in [-0.4, -0.2) is 9.97 Å². The Kier molecular flexibility index (Phi) is 5.95. The molecule has 2 heteroatoms. The van der Waals surface area contributed by atoms with Gasteiger partial charge in [0.25, 0.3) is 0 Å². The molecule has 0 N–H and O–H groups in total. The third-order valence-electron chi connectivity index (χ3n) is 10.6. The van der Waals surface area contributed by atoms with Crippen LogP contribution in [0.2, 0.25) is 0 Å². The summed E-state index contributed by atoms with van der Waals surface area (Å²) in [7, 11) is 0. The first-order chi connectivity index (χ1) is 24.1. The molecular weight excluding hydrogens is 593 g/mol. The van der Waals surface area contributed by atoms with E-state index in [0.717, 1.165) is 44.7 Å². The highest BCUT2D eigenvalue weighted by molar-refractivity contribution is 6.26. The molecule has 0 radical (unpaired) electrons. The Bertz CT molecular complexity index is 2780. The minimum absolute atomic E-state index is 0.0987. The Morgan fingerprint density at radius 1 is 0.449 bits per heavy atom. The Morgan fingerprint density at radius 2 is 1.08 bits per heavy atom. The molecule has 8 aromatic carbocycles. The van der Waals surface area contributed by atoms with Crippen molar-refractivity contribution in [1.82, 2.24) is 9.97 Å². The first kappa shape index (κ1) is 27.9. The smallest absolute Gasteiger partial charge is 0.0973 e. The van der Waals surface area contributed by atoms with Gasteiger partial charge in [-0.25, -0.2) is 9.97 Å². The third kappa shape index (κ3) is 4.07. The number of para-hydroxylation sites is 1. The van der Waals surface area contributed by atoms with Gasteiger partial charge in [-0.3, -0.25) is 0 Å². The van der Waals surface area contributed by atoms with Crippen LogP contribution in [0.1, 0.15) is 25.0 Å². The lowest BCUT2D eigenvalue weighted by molar-refractivity contribution is 0.666. The van der Waals surface area contributed by atoms with E-state index >= 15 is 0 Å². The van der Waals surface area contributed by atoms with Gasteiger partial charge in [0.05, 0.1) is 22.4 Å². The topological polar surface area (TPSA) is 25.8 Å². The number of hydrogen-bond donors (Lipinski definition) is 0. The lowest BCUT2D eigenvalue weighted by atomic mass is 9.78. The van der Waals surface area contributed by atoms with Crippen molar-refractivity contribution in [3.63, 3.8) is 0 Å². The number of benzene rings is 8. The predicted octanol–water partition coefficient (Wildman–Crippen LogP) is 12.4. The zero-order valence-corrected chi connectivity index (χ0v) is 27.4. The Balaban J connectivity index is 1.21. The van der Waals surface area contributed by atoms with Crippen molar-refractivity contribution in [3.8, 4) is 44.8 Å². The van der Waals surface area contributed by atoms with Crippen molar-refractivity contribution in [3.05, 3.63) is 169 Å². The Morgan fingerprint density at radius 3 is 1.86 bits per heavy atom. The quantitative estimate of drug-likeness (QED) is 0.183. The van der Waals surface area contributed by atoms with Gasteiger partial charge in [-0.1, -0.05) is 159 Å². The van der Waals surface area contributed by atoms with Crippen molar-refractivity contribution < 1.29 is 0 Å².